The number of carbonyl (C=O) groups is 2. The standard InChI is InChI=1S/C26H23N3O5/c1-3-33-18-11-9-17(10-12-18)23-21(25(31)26(32)29(23)15-19-7-6-14-34-19)24(30)22-16(2)27-20-8-4-5-13-28(20)22/h4-14,23,30H,3,15H2,1-2H3/b24-21+. The van der Waals surface area contributed by atoms with Crippen LogP contribution in [0.2, 0.25) is 0 Å². The van der Waals surface area contributed by atoms with Crippen molar-refractivity contribution in [2.24, 2.45) is 0 Å². The molecule has 1 atom stereocenters. The molecule has 1 N–H and O–H groups in total. The van der Waals surface area contributed by atoms with Gasteiger partial charge in [-0.3, -0.25) is 14.0 Å². The van der Waals surface area contributed by atoms with Crippen molar-refractivity contribution in [1.29, 1.82) is 0 Å². The Kier molecular flexibility index (Phi) is 5.41. The zero-order valence-electron chi connectivity index (χ0n) is 18.8. The second-order valence-corrected chi connectivity index (χ2v) is 7.98. The predicted molar refractivity (Wildman–Crippen MR) is 124 cm³/mol. The van der Waals surface area contributed by atoms with Crippen LogP contribution >= 0.6 is 0 Å². The summed E-state index contributed by atoms with van der Waals surface area (Å²) < 4.78 is 12.7. The first-order chi connectivity index (χ1) is 16.5. The second-order valence-electron chi connectivity index (χ2n) is 7.98. The number of hydrogen-bond donors (Lipinski definition) is 1. The molecule has 1 aliphatic rings. The number of imidazole rings is 1. The van der Waals surface area contributed by atoms with Crippen molar-refractivity contribution in [1.82, 2.24) is 14.3 Å². The van der Waals surface area contributed by atoms with Crippen molar-refractivity contribution < 1.29 is 23.8 Å². The van der Waals surface area contributed by atoms with Gasteiger partial charge in [0.25, 0.3) is 11.7 Å². The molecule has 8 nitrogen and oxygen atoms in total. The van der Waals surface area contributed by atoms with Gasteiger partial charge in [-0.1, -0.05) is 18.2 Å². The van der Waals surface area contributed by atoms with Crippen molar-refractivity contribution in [3.05, 3.63) is 95.3 Å². The van der Waals surface area contributed by atoms with E-state index < -0.39 is 17.7 Å². The number of amides is 1. The average Bonchev–Trinajstić information content (AvgIpc) is 3.53. The van der Waals surface area contributed by atoms with Gasteiger partial charge in [-0.25, -0.2) is 4.98 Å². The van der Waals surface area contributed by atoms with E-state index in [0.29, 0.717) is 40.7 Å². The number of aliphatic hydroxyl groups excluding tert-OH is 1. The number of ketones is 1. The normalized spacial score (nSPS) is 17.6. The fourth-order valence-corrected chi connectivity index (χ4v) is 4.40. The quantitative estimate of drug-likeness (QED) is 0.264. The number of Topliss-reactive ketones (excluding diaryl/α,β-unsaturated/α-hetero) is 1. The van der Waals surface area contributed by atoms with Crippen molar-refractivity contribution in [3.63, 3.8) is 0 Å². The van der Waals surface area contributed by atoms with E-state index in [4.69, 9.17) is 9.15 Å². The molecule has 4 heterocycles. The topological polar surface area (TPSA) is 97.3 Å². The van der Waals surface area contributed by atoms with Crippen LogP contribution in [-0.4, -0.2) is 37.7 Å². The first-order valence-corrected chi connectivity index (χ1v) is 11.0. The fraction of sp³-hybridized carbons (Fsp3) is 0.192. The molecule has 0 aliphatic carbocycles. The Morgan fingerprint density at radius 1 is 1.12 bits per heavy atom. The zero-order valence-corrected chi connectivity index (χ0v) is 18.8. The summed E-state index contributed by atoms with van der Waals surface area (Å²) >= 11 is 0. The lowest BCUT2D eigenvalue weighted by atomic mass is 9.96. The van der Waals surface area contributed by atoms with E-state index in [9.17, 15) is 14.7 Å². The largest absolute Gasteiger partial charge is 0.505 e. The second kappa shape index (κ2) is 8.55. The molecule has 34 heavy (non-hydrogen) atoms. The van der Waals surface area contributed by atoms with Crippen LogP contribution in [0.1, 0.15) is 35.7 Å². The molecule has 1 saturated heterocycles. The number of nitrogens with zero attached hydrogens (tertiary/aromatic N) is 3. The molecule has 1 fully saturated rings. The Labute approximate surface area is 195 Å². The van der Waals surface area contributed by atoms with Crippen LogP contribution in [-0.2, 0) is 16.1 Å². The van der Waals surface area contributed by atoms with Gasteiger partial charge in [0.1, 0.15) is 22.9 Å². The Balaban J connectivity index is 1.69. The van der Waals surface area contributed by atoms with Crippen LogP contribution in [0.15, 0.2) is 77.0 Å². The maximum atomic E-state index is 13.3. The smallest absolute Gasteiger partial charge is 0.296 e. The molecule has 0 spiro atoms. The molecule has 0 radical (unpaired) electrons. The summed E-state index contributed by atoms with van der Waals surface area (Å²) in [7, 11) is 0. The molecule has 1 aromatic carbocycles. The molecule has 4 aromatic rings. The summed E-state index contributed by atoms with van der Waals surface area (Å²) in [6.45, 7) is 4.25. The maximum absolute atomic E-state index is 13.3. The van der Waals surface area contributed by atoms with Gasteiger partial charge in [-0.05, 0) is 55.8 Å². The average molecular weight is 457 g/mol. The Morgan fingerprint density at radius 3 is 2.62 bits per heavy atom. The van der Waals surface area contributed by atoms with Crippen molar-refractivity contribution in [3.8, 4) is 5.75 Å². The van der Waals surface area contributed by atoms with Gasteiger partial charge in [0.2, 0.25) is 0 Å². The number of benzene rings is 1. The van der Waals surface area contributed by atoms with Gasteiger partial charge in [0, 0.05) is 6.20 Å². The molecule has 1 aliphatic heterocycles. The van der Waals surface area contributed by atoms with E-state index in [1.54, 1.807) is 53.9 Å². The maximum Gasteiger partial charge on any atom is 0.296 e. The molecule has 3 aromatic heterocycles. The first-order valence-electron chi connectivity index (χ1n) is 11.0. The van der Waals surface area contributed by atoms with Crippen molar-refractivity contribution >= 4 is 23.1 Å². The fourth-order valence-electron chi connectivity index (χ4n) is 4.40. The number of ether oxygens (including phenoxy) is 1. The summed E-state index contributed by atoms with van der Waals surface area (Å²) in [5.41, 5.74) is 2.23. The van der Waals surface area contributed by atoms with Crippen LogP contribution in [0.5, 0.6) is 5.75 Å². The summed E-state index contributed by atoms with van der Waals surface area (Å²) in [6, 6.07) is 15.3. The number of furan rings is 1. The third-order valence-corrected chi connectivity index (χ3v) is 5.88. The number of hydrogen-bond acceptors (Lipinski definition) is 6. The number of pyridine rings is 1. The molecule has 8 heteroatoms. The van der Waals surface area contributed by atoms with Gasteiger partial charge in [0.05, 0.1) is 36.7 Å². The zero-order chi connectivity index (χ0) is 23.8. The van der Waals surface area contributed by atoms with E-state index >= 15 is 0 Å². The number of fused-ring (bicyclic) bond motifs is 1. The van der Waals surface area contributed by atoms with Gasteiger partial charge in [0.15, 0.2) is 5.76 Å². The molecular weight excluding hydrogens is 434 g/mol. The monoisotopic (exact) mass is 457 g/mol. The molecule has 1 unspecified atom stereocenters. The number of aliphatic hydroxyl groups is 1. The van der Waals surface area contributed by atoms with Gasteiger partial charge in [-0.15, -0.1) is 0 Å². The summed E-state index contributed by atoms with van der Waals surface area (Å²) in [4.78, 5) is 32.4. The van der Waals surface area contributed by atoms with Crippen molar-refractivity contribution in [2.45, 2.75) is 26.4 Å². The minimum absolute atomic E-state index is 0.00877. The highest BCUT2D eigenvalue weighted by Gasteiger charge is 2.47. The Morgan fingerprint density at radius 2 is 1.91 bits per heavy atom. The van der Waals surface area contributed by atoms with Crippen LogP contribution in [0.25, 0.3) is 11.4 Å². The predicted octanol–water partition coefficient (Wildman–Crippen LogP) is 4.26. The molecule has 0 bridgehead atoms. The number of aryl methyl sites for hydroxylation is 1. The summed E-state index contributed by atoms with van der Waals surface area (Å²) in [6.07, 6.45) is 3.27. The first kappa shape index (κ1) is 21.5. The SMILES string of the molecule is CCOc1ccc(C2/C(=C(\O)c3c(C)nc4ccccn34)C(=O)C(=O)N2Cc2ccco2)cc1. The number of aromatic nitrogens is 2. The third kappa shape index (κ3) is 3.53. The molecular formula is C26H23N3O5. The van der Waals surface area contributed by atoms with E-state index in [1.165, 1.54) is 11.2 Å². The van der Waals surface area contributed by atoms with Gasteiger partial charge >= 0.3 is 0 Å². The number of carbonyl (C=O) groups excluding carboxylic acids is 2. The van der Waals surface area contributed by atoms with E-state index in [0.717, 1.165) is 0 Å². The van der Waals surface area contributed by atoms with Crippen LogP contribution < -0.4 is 4.74 Å². The van der Waals surface area contributed by atoms with Crippen LogP contribution in [0.3, 0.4) is 0 Å². The molecule has 172 valence electrons. The lowest BCUT2D eigenvalue weighted by Gasteiger charge is -2.24. The highest BCUT2D eigenvalue weighted by Crippen LogP contribution is 2.41. The minimum atomic E-state index is -0.811. The highest BCUT2D eigenvalue weighted by molar-refractivity contribution is 6.46. The number of rotatable bonds is 6. The Hall–Kier alpha value is -4.33. The van der Waals surface area contributed by atoms with Gasteiger partial charge in [-0.2, -0.15) is 0 Å². The minimum Gasteiger partial charge on any atom is -0.505 e. The number of likely N-dealkylation sites (tertiary alicyclic amines) is 1. The summed E-state index contributed by atoms with van der Waals surface area (Å²) in [5.74, 6) is -0.525. The van der Waals surface area contributed by atoms with Crippen molar-refractivity contribution in [2.75, 3.05) is 6.61 Å². The van der Waals surface area contributed by atoms with Crippen LogP contribution in [0.4, 0.5) is 0 Å². The third-order valence-electron chi connectivity index (χ3n) is 5.88. The van der Waals surface area contributed by atoms with Crippen LogP contribution in [0, 0.1) is 6.92 Å². The molecule has 0 saturated carbocycles. The van der Waals surface area contributed by atoms with E-state index in [1.807, 2.05) is 25.1 Å². The van der Waals surface area contributed by atoms with E-state index in [2.05, 4.69) is 4.98 Å². The Bertz CT molecular complexity index is 1400. The highest BCUT2D eigenvalue weighted by atomic mass is 16.5. The lowest BCUT2D eigenvalue weighted by molar-refractivity contribution is -0.140. The molecule has 5 rings (SSSR count). The molecule has 1 amide bonds. The van der Waals surface area contributed by atoms with Gasteiger partial charge < -0.3 is 19.2 Å². The lowest BCUT2D eigenvalue weighted by Crippen LogP contribution is -2.29. The van der Waals surface area contributed by atoms with E-state index in [-0.39, 0.29) is 17.9 Å². The summed E-state index contributed by atoms with van der Waals surface area (Å²) in [5, 5.41) is 11.5.